The number of anilines is 1. The summed E-state index contributed by atoms with van der Waals surface area (Å²) < 4.78 is 5.30. The van der Waals surface area contributed by atoms with Crippen molar-refractivity contribution in [2.75, 3.05) is 18.2 Å². The number of hydrogen-bond acceptors (Lipinski definition) is 7. The Morgan fingerprint density at radius 3 is 2.21 bits per heavy atom. The molecule has 0 aliphatic carbocycles. The van der Waals surface area contributed by atoms with Crippen LogP contribution in [0, 0.1) is 5.92 Å². The molecule has 1 aliphatic rings. The van der Waals surface area contributed by atoms with Crippen LogP contribution in [0.25, 0.3) is 0 Å². The first-order valence-corrected chi connectivity index (χ1v) is 12.0. The quantitative estimate of drug-likeness (QED) is 0.250. The van der Waals surface area contributed by atoms with Gasteiger partial charge in [-0.05, 0) is 36.4 Å². The number of ether oxygens (including phenoxy) is 1. The van der Waals surface area contributed by atoms with Gasteiger partial charge in [0.05, 0.1) is 16.8 Å². The lowest BCUT2D eigenvalue weighted by Crippen LogP contribution is -2.49. The van der Waals surface area contributed by atoms with Gasteiger partial charge in [0.1, 0.15) is 6.04 Å². The molecule has 2 aromatic rings. The van der Waals surface area contributed by atoms with Gasteiger partial charge in [-0.3, -0.25) is 24.1 Å². The third kappa shape index (κ3) is 5.04. The summed E-state index contributed by atoms with van der Waals surface area (Å²) in [5.41, 5.74) is 1.23. The van der Waals surface area contributed by atoms with Crippen LogP contribution >= 0.6 is 11.8 Å². The van der Waals surface area contributed by atoms with E-state index in [1.807, 2.05) is 13.2 Å². The molecule has 3 amide bonds. The van der Waals surface area contributed by atoms with Crippen LogP contribution in [-0.4, -0.2) is 53.3 Å². The second kappa shape index (κ2) is 10.6. The maximum Gasteiger partial charge on any atom is 0.330 e. The Labute approximate surface area is 202 Å². The molecule has 8 nitrogen and oxygen atoms in total. The van der Waals surface area contributed by atoms with E-state index in [1.54, 1.807) is 43.3 Å². The lowest BCUT2D eigenvalue weighted by atomic mass is 9.97. The molecule has 0 radical (unpaired) electrons. The molecular formula is C25H26N2O6S. The first-order valence-electron chi connectivity index (χ1n) is 10.8. The Kier molecular flexibility index (Phi) is 7.88. The summed E-state index contributed by atoms with van der Waals surface area (Å²) in [4.78, 5) is 64.8. The number of nitrogens with one attached hydrogen (secondary N) is 1. The van der Waals surface area contributed by atoms with Crippen molar-refractivity contribution in [3.05, 3.63) is 59.2 Å². The highest BCUT2D eigenvalue weighted by molar-refractivity contribution is 7.98. The fraction of sp³-hybridized carbons (Fsp3) is 0.320. The van der Waals surface area contributed by atoms with Crippen molar-refractivity contribution < 1.29 is 28.7 Å². The monoisotopic (exact) mass is 482 g/mol. The molecule has 2 aromatic carbocycles. The molecule has 178 valence electrons. The standard InChI is InChI=1S/C25H26N2O6S/c1-5-14(2)22(27-23(30)17-8-6-7-9-18(17)24(27)31)25(32)33-13-20(29)16-10-11-21(34-4)19(12-16)26-15(3)28/h6-12,14,22H,5,13H2,1-4H3,(H,26,28)/t14-,22-/m0/s1. The van der Waals surface area contributed by atoms with Crippen LogP contribution < -0.4 is 5.32 Å². The minimum atomic E-state index is -1.15. The third-order valence-electron chi connectivity index (χ3n) is 5.71. The molecule has 0 unspecified atom stereocenters. The number of esters is 1. The van der Waals surface area contributed by atoms with Crippen LogP contribution in [0.1, 0.15) is 58.3 Å². The molecule has 34 heavy (non-hydrogen) atoms. The number of imide groups is 1. The molecule has 2 atom stereocenters. The number of thioether (sulfide) groups is 1. The summed E-state index contributed by atoms with van der Waals surface area (Å²) in [6.45, 7) is 4.39. The molecule has 0 saturated heterocycles. The van der Waals surface area contributed by atoms with Gasteiger partial charge >= 0.3 is 5.97 Å². The van der Waals surface area contributed by atoms with E-state index in [-0.39, 0.29) is 28.5 Å². The minimum absolute atomic E-state index is 0.240. The van der Waals surface area contributed by atoms with Gasteiger partial charge in [0, 0.05) is 17.4 Å². The lowest BCUT2D eigenvalue weighted by Gasteiger charge is -2.28. The number of benzene rings is 2. The first kappa shape index (κ1) is 25.2. The average molecular weight is 483 g/mol. The molecule has 0 spiro atoms. The highest BCUT2D eigenvalue weighted by atomic mass is 32.2. The van der Waals surface area contributed by atoms with Crippen LogP contribution in [-0.2, 0) is 14.3 Å². The number of fused-ring (bicyclic) bond motifs is 1. The largest absolute Gasteiger partial charge is 0.456 e. The van der Waals surface area contributed by atoms with E-state index in [0.717, 1.165) is 9.80 Å². The Morgan fingerprint density at radius 2 is 1.68 bits per heavy atom. The Bertz CT molecular complexity index is 1130. The SMILES string of the molecule is CC[C@H](C)[C@@H](C(=O)OCC(=O)c1ccc(SC)c(NC(C)=O)c1)N1C(=O)c2ccccc2C1=O. The number of ketones is 1. The molecule has 3 rings (SSSR count). The molecule has 0 fully saturated rings. The van der Waals surface area contributed by atoms with Crippen molar-refractivity contribution in [2.24, 2.45) is 5.92 Å². The summed E-state index contributed by atoms with van der Waals surface area (Å²) >= 11 is 1.41. The minimum Gasteiger partial charge on any atom is -0.456 e. The molecule has 1 N–H and O–H groups in total. The number of hydrogen-bond donors (Lipinski definition) is 1. The van der Waals surface area contributed by atoms with E-state index < -0.39 is 36.2 Å². The van der Waals surface area contributed by atoms with Crippen LogP contribution in [0.5, 0.6) is 0 Å². The van der Waals surface area contributed by atoms with Crippen molar-refractivity contribution in [3.63, 3.8) is 0 Å². The third-order valence-corrected chi connectivity index (χ3v) is 6.50. The summed E-state index contributed by atoms with van der Waals surface area (Å²) in [5.74, 6) is -3.05. The number of carbonyl (C=O) groups excluding carboxylic acids is 5. The van der Waals surface area contributed by atoms with E-state index in [0.29, 0.717) is 12.1 Å². The van der Waals surface area contributed by atoms with Gasteiger partial charge in [-0.1, -0.05) is 38.5 Å². The zero-order chi connectivity index (χ0) is 25.0. The Hall–Kier alpha value is -3.46. The molecule has 0 saturated carbocycles. The zero-order valence-corrected chi connectivity index (χ0v) is 20.2. The lowest BCUT2D eigenvalue weighted by molar-refractivity contribution is -0.149. The van der Waals surface area contributed by atoms with Gasteiger partial charge in [-0.2, -0.15) is 0 Å². The highest BCUT2D eigenvalue weighted by Crippen LogP contribution is 2.29. The van der Waals surface area contributed by atoms with Crippen molar-refractivity contribution >= 4 is 46.9 Å². The van der Waals surface area contributed by atoms with E-state index in [1.165, 1.54) is 24.8 Å². The number of rotatable bonds is 9. The zero-order valence-electron chi connectivity index (χ0n) is 19.4. The maximum atomic E-state index is 13.0. The molecule has 1 heterocycles. The van der Waals surface area contributed by atoms with Gasteiger partial charge in [0.15, 0.2) is 12.4 Å². The smallest absolute Gasteiger partial charge is 0.330 e. The fourth-order valence-electron chi connectivity index (χ4n) is 3.75. The maximum absolute atomic E-state index is 13.0. The molecule has 0 aromatic heterocycles. The molecule has 1 aliphatic heterocycles. The normalized spacial score (nSPS) is 14.4. The number of Topliss-reactive ketones (excluding diaryl/α,β-unsaturated/α-hetero) is 1. The summed E-state index contributed by atoms with van der Waals surface area (Å²) in [6, 6.07) is 10.1. The van der Waals surface area contributed by atoms with Gasteiger partial charge in [-0.15, -0.1) is 11.8 Å². The topological polar surface area (TPSA) is 110 Å². The van der Waals surface area contributed by atoms with Crippen molar-refractivity contribution in [1.29, 1.82) is 0 Å². The highest BCUT2D eigenvalue weighted by Gasteiger charge is 2.45. The Morgan fingerprint density at radius 1 is 1.06 bits per heavy atom. The predicted molar refractivity (Wildman–Crippen MR) is 128 cm³/mol. The van der Waals surface area contributed by atoms with Gasteiger partial charge in [-0.25, -0.2) is 4.79 Å². The summed E-state index contributed by atoms with van der Waals surface area (Å²) in [5, 5.41) is 2.68. The fourth-order valence-corrected chi connectivity index (χ4v) is 4.28. The van der Waals surface area contributed by atoms with Gasteiger partial charge < -0.3 is 10.1 Å². The van der Waals surface area contributed by atoms with E-state index in [9.17, 15) is 24.0 Å². The van der Waals surface area contributed by atoms with Crippen LogP contribution in [0.2, 0.25) is 0 Å². The van der Waals surface area contributed by atoms with Crippen molar-refractivity contribution in [1.82, 2.24) is 4.90 Å². The predicted octanol–water partition coefficient (Wildman–Crippen LogP) is 3.80. The second-order valence-corrected chi connectivity index (χ2v) is 8.83. The van der Waals surface area contributed by atoms with Gasteiger partial charge in [0.2, 0.25) is 5.91 Å². The van der Waals surface area contributed by atoms with Crippen molar-refractivity contribution in [2.45, 2.75) is 38.1 Å². The van der Waals surface area contributed by atoms with Gasteiger partial charge in [0.25, 0.3) is 11.8 Å². The summed E-state index contributed by atoms with van der Waals surface area (Å²) in [6.07, 6.45) is 2.36. The van der Waals surface area contributed by atoms with Crippen LogP contribution in [0.3, 0.4) is 0 Å². The van der Waals surface area contributed by atoms with Crippen LogP contribution in [0.4, 0.5) is 5.69 Å². The van der Waals surface area contributed by atoms with Crippen molar-refractivity contribution in [3.8, 4) is 0 Å². The molecule has 0 bridgehead atoms. The number of nitrogens with zero attached hydrogens (tertiary/aromatic N) is 1. The molecular weight excluding hydrogens is 456 g/mol. The average Bonchev–Trinajstić information content (AvgIpc) is 3.07. The Balaban J connectivity index is 1.78. The van der Waals surface area contributed by atoms with E-state index in [4.69, 9.17) is 4.74 Å². The molecule has 9 heteroatoms. The summed E-state index contributed by atoms with van der Waals surface area (Å²) in [7, 11) is 0. The second-order valence-electron chi connectivity index (χ2n) is 7.98. The number of carbonyl (C=O) groups is 5. The van der Waals surface area contributed by atoms with Crippen LogP contribution in [0.15, 0.2) is 47.4 Å². The van der Waals surface area contributed by atoms with E-state index >= 15 is 0 Å². The first-order chi connectivity index (χ1) is 16.2. The van der Waals surface area contributed by atoms with E-state index in [2.05, 4.69) is 5.32 Å². The number of amides is 3.